The van der Waals surface area contributed by atoms with Gasteiger partial charge in [-0.1, -0.05) is 0 Å². The molecule has 2 bridgehead atoms. The Balaban J connectivity index is 1.63. The Kier molecular flexibility index (Phi) is 3.08. The van der Waals surface area contributed by atoms with Crippen LogP contribution in [0.25, 0.3) is 0 Å². The summed E-state index contributed by atoms with van der Waals surface area (Å²) in [6, 6.07) is 2.58. The number of nitrogens with one attached hydrogen (secondary N) is 1. The number of rotatable bonds is 3. The van der Waals surface area contributed by atoms with Crippen molar-refractivity contribution < 1.29 is 4.74 Å². The van der Waals surface area contributed by atoms with E-state index in [1.165, 1.54) is 19.4 Å². The van der Waals surface area contributed by atoms with E-state index in [4.69, 9.17) is 4.74 Å². The van der Waals surface area contributed by atoms with Gasteiger partial charge in [0.25, 0.3) is 0 Å². The van der Waals surface area contributed by atoms with Crippen molar-refractivity contribution in [3.05, 3.63) is 0 Å². The minimum Gasteiger partial charge on any atom is -0.377 e. The van der Waals surface area contributed by atoms with Gasteiger partial charge in [0, 0.05) is 32.2 Å². The van der Waals surface area contributed by atoms with E-state index in [0.717, 1.165) is 39.1 Å². The van der Waals surface area contributed by atoms with E-state index < -0.39 is 0 Å². The van der Waals surface area contributed by atoms with Crippen LogP contribution < -0.4 is 5.32 Å². The molecule has 4 nitrogen and oxygen atoms in total. The van der Waals surface area contributed by atoms with Crippen LogP contribution in [0.15, 0.2) is 0 Å². The first-order chi connectivity index (χ1) is 8.32. The number of fused-ring (bicyclic) bond motifs is 2. The zero-order valence-corrected chi connectivity index (χ0v) is 10.3. The molecule has 0 radical (unpaired) electrons. The van der Waals surface area contributed by atoms with Crippen LogP contribution >= 0.6 is 0 Å². The molecule has 17 heavy (non-hydrogen) atoms. The molecule has 94 valence electrons. The molecule has 0 aromatic rings. The Labute approximate surface area is 103 Å². The van der Waals surface area contributed by atoms with E-state index in [9.17, 15) is 5.26 Å². The van der Waals surface area contributed by atoms with Crippen LogP contribution in [0.5, 0.6) is 0 Å². The fourth-order valence-electron chi connectivity index (χ4n) is 3.50. The SMILES string of the molecule is N#CC1(NCC2CCCO2)CCN2CCC1C2. The number of nitrogens with zero attached hydrogens (tertiary/aromatic N) is 2. The van der Waals surface area contributed by atoms with Crippen molar-refractivity contribution >= 4 is 0 Å². The van der Waals surface area contributed by atoms with E-state index in [0.29, 0.717) is 12.0 Å². The third-order valence-corrected chi connectivity index (χ3v) is 4.66. The second-order valence-electron chi connectivity index (χ2n) is 5.64. The quantitative estimate of drug-likeness (QED) is 0.784. The lowest BCUT2D eigenvalue weighted by Gasteiger charge is -2.38. The van der Waals surface area contributed by atoms with Crippen molar-refractivity contribution in [2.24, 2.45) is 5.92 Å². The molecule has 3 aliphatic heterocycles. The summed E-state index contributed by atoms with van der Waals surface area (Å²) >= 11 is 0. The van der Waals surface area contributed by atoms with Crippen LogP contribution in [-0.2, 0) is 4.74 Å². The van der Waals surface area contributed by atoms with Gasteiger partial charge in [0.05, 0.1) is 12.2 Å². The average Bonchev–Trinajstić information content (AvgIpc) is 3.00. The minimum absolute atomic E-state index is 0.279. The van der Waals surface area contributed by atoms with Crippen molar-refractivity contribution in [2.45, 2.75) is 37.3 Å². The molecule has 0 aromatic carbocycles. The van der Waals surface area contributed by atoms with Crippen molar-refractivity contribution in [1.29, 1.82) is 5.26 Å². The highest BCUT2D eigenvalue weighted by atomic mass is 16.5. The Hall–Kier alpha value is -0.630. The molecular weight excluding hydrogens is 214 g/mol. The number of hydrogen-bond acceptors (Lipinski definition) is 4. The van der Waals surface area contributed by atoms with Gasteiger partial charge in [0.15, 0.2) is 0 Å². The summed E-state index contributed by atoms with van der Waals surface area (Å²) in [5, 5.41) is 13.1. The maximum atomic E-state index is 9.56. The molecule has 0 amide bonds. The van der Waals surface area contributed by atoms with E-state index >= 15 is 0 Å². The van der Waals surface area contributed by atoms with Gasteiger partial charge in [-0.2, -0.15) is 5.26 Å². The summed E-state index contributed by atoms with van der Waals surface area (Å²) in [6.45, 7) is 5.09. The molecule has 0 aliphatic carbocycles. The molecule has 3 aliphatic rings. The second-order valence-corrected chi connectivity index (χ2v) is 5.64. The van der Waals surface area contributed by atoms with Gasteiger partial charge in [0.1, 0.15) is 5.54 Å². The number of ether oxygens (including phenoxy) is 1. The van der Waals surface area contributed by atoms with E-state index in [-0.39, 0.29) is 5.54 Å². The summed E-state index contributed by atoms with van der Waals surface area (Å²) in [7, 11) is 0. The van der Waals surface area contributed by atoms with Crippen molar-refractivity contribution in [2.75, 3.05) is 32.8 Å². The zero-order valence-electron chi connectivity index (χ0n) is 10.3. The smallest absolute Gasteiger partial charge is 0.112 e. The van der Waals surface area contributed by atoms with Gasteiger partial charge >= 0.3 is 0 Å². The molecule has 4 atom stereocenters. The molecule has 3 rings (SSSR count). The first-order valence-corrected chi connectivity index (χ1v) is 6.83. The van der Waals surface area contributed by atoms with Gasteiger partial charge in [0.2, 0.25) is 0 Å². The normalized spacial score (nSPS) is 44.8. The Morgan fingerprint density at radius 2 is 2.35 bits per heavy atom. The van der Waals surface area contributed by atoms with Crippen LogP contribution in [0.4, 0.5) is 0 Å². The third-order valence-electron chi connectivity index (χ3n) is 4.66. The van der Waals surface area contributed by atoms with Gasteiger partial charge in [-0.05, 0) is 32.2 Å². The molecule has 4 heteroatoms. The highest BCUT2D eigenvalue weighted by Gasteiger charge is 2.46. The first-order valence-electron chi connectivity index (χ1n) is 6.83. The first kappa shape index (κ1) is 11.5. The highest BCUT2D eigenvalue weighted by molar-refractivity contribution is 5.16. The topological polar surface area (TPSA) is 48.3 Å². The van der Waals surface area contributed by atoms with Gasteiger partial charge < -0.3 is 9.64 Å². The molecule has 4 unspecified atom stereocenters. The number of piperidine rings is 1. The van der Waals surface area contributed by atoms with Crippen LogP contribution in [0.2, 0.25) is 0 Å². The molecule has 0 spiro atoms. The summed E-state index contributed by atoms with van der Waals surface area (Å²) in [5.74, 6) is 0.516. The monoisotopic (exact) mass is 235 g/mol. The molecule has 0 saturated carbocycles. The van der Waals surface area contributed by atoms with Gasteiger partial charge in [-0.25, -0.2) is 0 Å². The fourth-order valence-corrected chi connectivity index (χ4v) is 3.50. The lowest BCUT2D eigenvalue weighted by molar-refractivity contribution is 0.0917. The molecule has 3 fully saturated rings. The Morgan fingerprint density at radius 3 is 3.12 bits per heavy atom. The summed E-state index contributed by atoms with van der Waals surface area (Å²) in [4.78, 5) is 2.48. The van der Waals surface area contributed by atoms with E-state index in [1.54, 1.807) is 0 Å². The standard InChI is InChI=1S/C13H21N3O/c14-10-13(15-8-12-2-1-7-17-12)4-6-16-5-3-11(13)9-16/h11-12,15H,1-9H2. The summed E-state index contributed by atoms with van der Waals surface area (Å²) in [6.07, 6.45) is 4.79. The fraction of sp³-hybridized carbons (Fsp3) is 0.923. The zero-order chi connectivity index (χ0) is 11.7. The molecule has 0 aromatic heterocycles. The maximum absolute atomic E-state index is 9.56. The largest absolute Gasteiger partial charge is 0.377 e. The second kappa shape index (κ2) is 4.56. The predicted octanol–water partition coefficient (Wildman–Crippen LogP) is 0.743. The highest BCUT2D eigenvalue weighted by Crippen LogP contribution is 2.35. The van der Waals surface area contributed by atoms with Crippen molar-refractivity contribution in [1.82, 2.24) is 10.2 Å². The van der Waals surface area contributed by atoms with Crippen molar-refractivity contribution in [3.8, 4) is 6.07 Å². The lowest BCUT2D eigenvalue weighted by atomic mass is 9.80. The summed E-state index contributed by atoms with van der Waals surface area (Å²) in [5.41, 5.74) is -0.279. The summed E-state index contributed by atoms with van der Waals surface area (Å²) < 4.78 is 5.63. The van der Waals surface area contributed by atoms with Crippen LogP contribution in [0.3, 0.4) is 0 Å². The number of nitriles is 1. The maximum Gasteiger partial charge on any atom is 0.112 e. The van der Waals surface area contributed by atoms with Crippen LogP contribution in [-0.4, -0.2) is 49.3 Å². The minimum atomic E-state index is -0.279. The third kappa shape index (κ3) is 2.08. The van der Waals surface area contributed by atoms with Gasteiger partial charge in [-0.15, -0.1) is 0 Å². The average molecular weight is 235 g/mol. The Bertz CT molecular complexity index is 321. The Morgan fingerprint density at radius 1 is 1.41 bits per heavy atom. The predicted molar refractivity (Wildman–Crippen MR) is 64.5 cm³/mol. The molecular formula is C13H21N3O. The number of hydrogen-bond donors (Lipinski definition) is 1. The lowest BCUT2D eigenvalue weighted by Crippen LogP contribution is -2.56. The van der Waals surface area contributed by atoms with E-state index in [1.807, 2.05) is 0 Å². The molecule has 1 N–H and O–H groups in total. The molecule has 3 saturated heterocycles. The van der Waals surface area contributed by atoms with Crippen LogP contribution in [0.1, 0.15) is 25.7 Å². The van der Waals surface area contributed by atoms with E-state index in [2.05, 4.69) is 16.3 Å². The molecule has 3 heterocycles. The van der Waals surface area contributed by atoms with Crippen LogP contribution in [0, 0.1) is 17.2 Å². The van der Waals surface area contributed by atoms with Gasteiger partial charge in [-0.3, -0.25) is 5.32 Å². The van der Waals surface area contributed by atoms with Crippen molar-refractivity contribution in [3.63, 3.8) is 0 Å².